The number of anilines is 2. The third-order valence-electron chi connectivity index (χ3n) is 9.15. The Kier molecular flexibility index (Phi) is 6.51. The summed E-state index contributed by atoms with van der Waals surface area (Å²) in [6.45, 7) is 9.19. The molecule has 2 aliphatic heterocycles. The molecule has 0 radical (unpaired) electrons. The molecule has 0 bridgehead atoms. The first-order valence-electron chi connectivity index (χ1n) is 13.6. The Labute approximate surface area is 267 Å². The fourth-order valence-corrected chi connectivity index (χ4v) is 13.0. The van der Waals surface area contributed by atoms with E-state index in [4.69, 9.17) is 24.4 Å². The van der Waals surface area contributed by atoms with E-state index < -0.39 is 0 Å². The molecule has 2 aromatic heterocycles. The van der Waals surface area contributed by atoms with E-state index >= 15 is 0 Å². The number of hydrogen-bond donors (Lipinski definition) is 0. The Morgan fingerprint density at radius 1 is 0.585 bits per heavy atom. The third-order valence-corrected chi connectivity index (χ3v) is 15.8. The van der Waals surface area contributed by atoms with Gasteiger partial charge in [0.1, 0.15) is 7.65 Å². The molecule has 0 amide bonds. The highest BCUT2D eigenvalue weighted by atomic mass is 32.9. The summed E-state index contributed by atoms with van der Waals surface area (Å²) in [6, 6.07) is 24.9. The molecule has 0 unspecified atom stereocenters. The van der Waals surface area contributed by atoms with Crippen LogP contribution in [0.3, 0.4) is 0 Å². The molecule has 0 spiro atoms. The number of hydrogen-bond acceptors (Lipinski definition) is 8. The molecular formula is C33H30N2S6. The van der Waals surface area contributed by atoms with Crippen molar-refractivity contribution >= 4 is 77.2 Å². The third kappa shape index (κ3) is 4.02. The van der Waals surface area contributed by atoms with E-state index in [0.717, 1.165) is 7.65 Å². The van der Waals surface area contributed by atoms with Gasteiger partial charge in [-0.1, -0.05) is 108 Å². The molecule has 8 heteroatoms. The predicted octanol–water partition coefficient (Wildman–Crippen LogP) is 11.3. The van der Waals surface area contributed by atoms with Crippen LogP contribution in [-0.4, -0.2) is 14.1 Å². The van der Waals surface area contributed by atoms with Crippen molar-refractivity contribution < 1.29 is 0 Å². The van der Waals surface area contributed by atoms with Gasteiger partial charge in [-0.05, 0) is 68.7 Å². The summed E-state index contributed by atoms with van der Waals surface area (Å²) < 4.78 is 1.98. The molecule has 0 fully saturated rings. The highest BCUT2D eigenvalue weighted by Crippen LogP contribution is 2.54. The maximum Gasteiger partial charge on any atom is 0.110 e. The van der Waals surface area contributed by atoms with Crippen LogP contribution < -0.4 is 9.80 Å². The van der Waals surface area contributed by atoms with E-state index in [1.807, 2.05) is 20.7 Å². The molecule has 3 aromatic carbocycles. The zero-order chi connectivity index (χ0) is 28.8. The van der Waals surface area contributed by atoms with Gasteiger partial charge in [0.25, 0.3) is 0 Å². The summed E-state index contributed by atoms with van der Waals surface area (Å²) in [5.41, 5.74) is 11.1. The van der Waals surface area contributed by atoms with Crippen LogP contribution in [0, 0.1) is 7.65 Å². The Balaban J connectivity index is 1.45. The van der Waals surface area contributed by atoms with Crippen LogP contribution in [0.2, 0.25) is 0 Å². The molecule has 0 saturated heterocycles. The van der Waals surface area contributed by atoms with E-state index in [1.165, 1.54) is 60.1 Å². The molecule has 0 atom stereocenters. The molecule has 208 valence electrons. The lowest BCUT2D eigenvalue weighted by atomic mass is 9.80. The van der Waals surface area contributed by atoms with Crippen molar-refractivity contribution in [1.29, 1.82) is 0 Å². The van der Waals surface area contributed by atoms with Crippen LogP contribution in [-0.2, 0) is 11.1 Å². The quantitative estimate of drug-likeness (QED) is 0.109. The van der Waals surface area contributed by atoms with E-state index in [2.05, 4.69) is 118 Å². The van der Waals surface area contributed by atoms with Gasteiger partial charge >= 0.3 is 0 Å². The first-order chi connectivity index (χ1) is 19.5. The van der Waals surface area contributed by atoms with Crippen LogP contribution in [0.5, 0.6) is 0 Å². The molecular weight excluding hydrogens is 617 g/mol. The van der Waals surface area contributed by atoms with Crippen molar-refractivity contribution in [1.82, 2.24) is 0 Å². The van der Waals surface area contributed by atoms with Gasteiger partial charge < -0.3 is 9.80 Å². The fourth-order valence-electron chi connectivity index (χ4n) is 6.37. The van der Waals surface area contributed by atoms with Gasteiger partial charge in [-0.2, -0.15) is 0 Å². The zero-order valence-corrected chi connectivity index (χ0v) is 28.7. The standard InChI is InChI=1S/C33H30N2S6/c1-32(2)28-26(30(36)40-38-28)21-16-19(12-14-23(21)34(32)5)25(18-10-8-7-9-11-18)20-13-15-24-22(17-20)27-29(39-41-31(27)37)33(3,4)35(24)6/h7-17,25H,1-6H3. The van der Waals surface area contributed by atoms with Crippen molar-refractivity contribution in [3.8, 4) is 22.3 Å². The predicted molar refractivity (Wildman–Crippen MR) is 187 cm³/mol. The molecule has 4 heterocycles. The van der Waals surface area contributed by atoms with Gasteiger partial charge in [0.15, 0.2) is 0 Å². The summed E-state index contributed by atoms with van der Waals surface area (Å²) >= 11 is 11.8. The molecule has 0 aliphatic carbocycles. The van der Waals surface area contributed by atoms with Gasteiger partial charge in [-0.15, -0.1) is 0 Å². The highest BCUT2D eigenvalue weighted by molar-refractivity contribution is 7.80. The largest absolute Gasteiger partial charge is 0.364 e. The van der Waals surface area contributed by atoms with Crippen LogP contribution in [0.25, 0.3) is 22.3 Å². The van der Waals surface area contributed by atoms with Crippen molar-refractivity contribution in [2.24, 2.45) is 0 Å². The molecule has 41 heavy (non-hydrogen) atoms. The second kappa shape index (κ2) is 9.66. The lowest BCUT2D eigenvalue weighted by Gasteiger charge is -2.42. The van der Waals surface area contributed by atoms with Gasteiger partial charge in [-0.3, -0.25) is 0 Å². The average molecular weight is 647 g/mol. The van der Waals surface area contributed by atoms with Crippen molar-refractivity contribution in [2.75, 3.05) is 23.9 Å². The van der Waals surface area contributed by atoms with Gasteiger partial charge in [0, 0.05) is 53.6 Å². The van der Waals surface area contributed by atoms with Crippen molar-refractivity contribution in [2.45, 2.75) is 44.7 Å². The summed E-state index contributed by atoms with van der Waals surface area (Å²) in [4.78, 5) is 7.54. The van der Waals surface area contributed by atoms with E-state index in [0.29, 0.717) is 0 Å². The topological polar surface area (TPSA) is 6.48 Å². The van der Waals surface area contributed by atoms with Gasteiger partial charge in [0.2, 0.25) is 0 Å². The minimum Gasteiger partial charge on any atom is -0.364 e. The smallest absolute Gasteiger partial charge is 0.110 e. The van der Waals surface area contributed by atoms with Crippen LogP contribution in [0.1, 0.15) is 60.1 Å². The van der Waals surface area contributed by atoms with Gasteiger partial charge in [-0.25, -0.2) is 0 Å². The van der Waals surface area contributed by atoms with E-state index in [1.54, 1.807) is 20.7 Å². The first kappa shape index (κ1) is 27.6. The van der Waals surface area contributed by atoms with Gasteiger partial charge in [0.05, 0.1) is 20.8 Å². The molecule has 7 rings (SSSR count). The Bertz CT molecular complexity index is 1820. The Hall–Kier alpha value is -2.20. The normalized spacial score (nSPS) is 16.3. The highest BCUT2D eigenvalue weighted by Gasteiger charge is 2.40. The molecule has 0 saturated carbocycles. The average Bonchev–Trinajstić information content (AvgIpc) is 3.55. The Morgan fingerprint density at radius 2 is 1.02 bits per heavy atom. The van der Waals surface area contributed by atoms with Crippen LogP contribution >= 0.6 is 65.8 Å². The molecule has 2 nitrogen and oxygen atoms in total. The molecule has 2 aliphatic rings. The maximum absolute atomic E-state index is 5.92. The summed E-state index contributed by atoms with van der Waals surface area (Å²) in [5, 5.41) is 0. The minimum absolute atomic E-state index is 0.0750. The monoisotopic (exact) mass is 646 g/mol. The summed E-state index contributed by atoms with van der Waals surface area (Å²) in [5.74, 6) is 0.0750. The lowest BCUT2D eigenvalue weighted by molar-refractivity contribution is 0.521. The second-order valence-electron chi connectivity index (χ2n) is 11.9. The number of benzene rings is 3. The first-order valence-corrected chi connectivity index (χ1v) is 18.7. The fraction of sp³-hybridized carbons (Fsp3) is 0.273. The van der Waals surface area contributed by atoms with Crippen LogP contribution in [0.15, 0.2) is 66.7 Å². The van der Waals surface area contributed by atoms with Crippen molar-refractivity contribution in [3.63, 3.8) is 0 Å². The van der Waals surface area contributed by atoms with E-state index in [-0.39, 0.29) is 17.0 Å². The lowest BCUT2D eigenvalue weighted by Crippen LogP contribution is -2.40. The van der Waals surface area contributed by atoms with Crippen molar-refractivity contribution in [3.05, 3.63) is 101 Å². The summed E-state index contributed by atoms with van der Waals surface area (Å²) in [6.07, 6.45) is 0. The molecule has 0 N–H and O–H groups in total. The zero-order valence-electron chi connectivity index (χ0n) is 23.8. The Morgan fingerprint density at radius 3 is 1.46 bits per heavy atom. The van der Waals surface area contributed by atoms with E-state index in [9.17, 15) is 0 Å². The minimum atomic E-state index is -0.0969. The number of nitrogens with zero attached hydrogens (tertiary/aromatic N) is 2. The maximum atomic E-state index is 5.92. The second-order valence-corrected chi connectivity index (χ2v) is 17.6. The number of rotatable bonds is 3. The number of fused-ring (bicyclic) bond motifs is 6. The van der Waals surface area contributed by atoms with Crippen LogP contribution in [0.4, 0.5) is 11.4 Å². The summed E-state index contributed by atoms with van der Waals surface area (Å²) in [7, 11) is 11.5. The SMILES string of the molecule is CN1c2ccc(C(c3ccccc3)c3ccc4c(c3)-c3c(ssc3=S)C(C)(C)N4C)cc2-c2c(ssc2=S)C1(C)C. The molecule has 5 aromatic rings.